The second-order valence-corrected chi connectivity index (χ2v) is 4.50. The van der Waals surface area contributed by atoms with E-state index in [0.29, 0.717) is 18.5 Å². The van der Waals surface area contributed by atoms with Crippen molar-refractivity contribution in [1.29, 1.82) is 0 Å². The van der Waals surface area contributed by atoms with E-state index in [9.17, 15) is 4.79 Å². The Morgan fingerprint density at radius 3 is 3.05 bits per heavy atom. The zero-order chi connectivity index (χ0) is 15.1. The van der Waals surface area contributed by atoms with E-state index in [1.165, 1.54) is 6.20 Å². The number of hydrogen-bond donors (Lipinski definition) is 2. The number of nitrogens with one attached hydrogen (secondary N) is 1. The Hall–Kier alpha value is -2.58. The van der Waals surface area contributed by atoms with Crippen molar-refractivity contribution in [3.8, 4) is 11.8 Å². The van der Waals surface area contributed by atoms with E-state index in [2.05, 4.69) is 22.3 Å². The molecule has 0 saturated carbocycles. The summed E-state index contributed by atoms with van der Waals surface area (Å²) in [5.41, 5.74) is 2.50. The molecule has 0 radical (unpaired) electrons. The van der Waals surface area contributed by atoms with Crippen molar-refractivity contribution >= 4 is 5.91 Å². The van der Waals surface area contributed by atoms with E-state index in [0.717, 1.165) is 11.1 Å². The monoisotopic (exact) mass is 284 g/mol. The SMILES string of the molecule is Cc1cnoc1C(=O)NCc1cccc(C#CCCO)c1. The number of aryl methyl sites for hydroxylation is 1. The zero-order valence-corrected chi connectivity index (χ0v) is 11.7. The molecule has 0 aliphatic carbocycles. The third-order valence-corrected chi connectivity index (χ3v) is 2.80. The lowest BCUT2D eigenvalue weighted by Gasteiger charge is -2.04. The van der Waals surface area contributed by atoms with Crippen LogP contribution in [0.25, 0.3) is 0 Å². The molecule has 0 fully saturated rings. The van der Waals surface area contributed by atoms with E-state index >= 15 is 0 Å². The lowest BCUT2D eigenvalue weighted by molar-refractivity contribution is 0.0913. The third kappa shape index (κ3) is 4.20. The molecule has 0 unspecified atom stereocenters. The molecule has 0 spiro atoms. The molecule has 0 bridgehead atoms. The fourth-order valence-electron chi connectivity index (χ4n) is 1.75. The highest BCUT2D eigenvalue weighted by Gasteiger charge is 2.13. The standard InChI is InChI=1S/C16H16N2O3/c1-12-10-18-21-15(12)16(20)17-11-14-7-4-6-13(9-14)5-2-3-8-19/h4,6-7,9-10,19H,3,8,11H2,1H3,(H,17,20). The van der Waals surface area contributed by atoms with Crippen molar-refractivity contribution < 1.29 is 14.4 Å². The smallest absolute Gasteiger partial charge is 0.290 e. The Labute approximate surface area is 123 Å². The van der Waals surface area contributed by atoms with Crippen molar-refractivity contribution in [3.05, 3.63) is 52.9 Å². The molecule has 108 valence electrons. The second kappa shape index (κ2) is 7.27. The fraction of sp³-hybridized carbons (Fsp3) is 0.250. The molecule has 1 aromatic heterocycles. The fourth-order valence-corrected chi connectivity index (χ4v) is 1.75. The van der Waals surface area contributed by atoms with Gasteiger partial charge in [0.05, 0.1) is 12.8 Å². The van der Waals surface area contributed by atoms with Gasteiger partial charge in [-0.1, -0.05) is 29.1 Å². The van der Waals surface area contributed by atoms with Crippen molar-refractivity contribution in [2.75, 3.05) is 6.61 Å². The number of aromatic nitrogens is 1. The van der Waals surface area contributed by atoms with Crippen LogP contribution in [-0.2, 0) is 6.54 Å². The number of rotatable bonds is 4. The van der Waals surface area contributed by atoms with E-state index in [-0.39, 0.29) is 18.3 Å². The Morgan fingerprint density at radius 1 is 1.48 bits per heavy atom. The number of aliphatic hydroxyl groups excluding tert-OH is 1. The molecule has 0 atom stereocenters. The summed E-state index contributed by atoms with van der Waals surface area (Å²) < 4.78 is 4.90. The van der Waals surface area contributed by atoms with Gasteiger partial charge in [-0.05, 0) is 24.6 Å². The van der Waals surface area contributed by atoms with Crippen molar-refractivity contribution in [3.63, 3.8) is 0 Å². The largest absolute Gasteiger partial charge is 0.395 e. The molecule has 0 aliphatic rings. The molecule has 2 N–H and O–H groups in total. The predicted octanol–water partition coefficient (Wildman–Crippen LogP) is 1.65. The van der Waals surface area contributed by atoms with Gasteiger partial charge in [-0.25, -0.2) is 0 Å². The topological polar surface area (TPSA) is 75.4 Å². The van der Waals surface area contributed by atoms with Gasteiger partial charge in [-0.15, -0.1) is 0 Å². The van der Waals surface area contributed by atoms with Gasteiger partial charge < -0.3 is 14.9 Å². The first-order valence-corrected chi connectivity index (χ1v) is 6.59. The zero-order valence-electron chi connectivity index (χ0n) is 11.7. The molecule has 1 heterocycles. The Morgan fingerprint density at radius 2 is 2.33 bits per heavy atom. The number of nitrogens with zero attached hydrogens (tertiary/aromatic N) is 1. The number of carbonyl (C=O) groups is 1. The quantitative estimate of drug-likeness (QED) is 0.837. The van der Waals surface area contributed by atoms with Gasteiger partial charge in [-0.2, -0.15) is 0 Å². The van der Waals surface area contributed by atoms with E-state index in [1.54, 1.807) is 6.92 Å². The minimum atomic E-state index is -0.290. The summed E-state index contributed by atoms with van der Waals surface area (Å²) in [6.07, 6.45) is 1.96. The first-order chi connectivity index (χ1) is 10.2. The number of amides is 1. The van der Waals surface area contributed by atoms with Gasteiger partial charge >= 0.3 is 0 Å². The molecule has 5 nitrogen and oxygen atoms in total. The number of aliphatic hydroxyl groups is 1. The summed E-state index contributed by atoms with van der Waals surface area (Å²) in [6, 6.07) is 7.57. The summed E-state index contributed by atoms with van der Waals surface area (Å²) in [5, 5.41) is 15.0. The minimum Gasteiger partial charge on any atom is -0.395 e. The maximum atomic E-state index is 11.9. The Balaban J connectivity index is 1.98. The average molecular weight is 284 g/mol. The lowest BCUT2D eigenvalue weighted by Crippen LogP contribution is -2.23. The normalized spacial score (nSPS) is 9.81. The average Bonchev–Trinajstić information content (AvgIpc) is 2.92. The molecular weight excluding hydrogens is 268 g/mol. The van der Waals surface area contributed by atoms with Crippen LogP contribution in [0.15, 0.2) is 35.0 Å². The van der Waals surface area contributed by atoms with Crippen LogP contribution >= 0.6 is 0 Å². The third-order valence-electron chi connectivity index (χ3n) is 2.80. The molecule has 21 heavy (non-hydrogen) atoms. The van der Waals surface area contributed by atoms with Crippen molar-refractivity contribution in [1.82, 2.24) is 10.5 Å². The van der Waals surface area contributed by atoms with Crippen molar-refractivity contribution in [2.45, 2.75) is 19.9 Å². The summed E-state index contributed by atoms with van der Waals surface area (Å²) in [6.45, 7) is 2.20. The van der Waals surface area contributed by atoms with Crippen LogP contribution in [0.3, 0.4) is 0 Å². The molecule has 5 heteroatoms. The van der Waals surface area contributed by atoms with E-state index in [4.69, 9.17) is 9.63 Å². The van der Waals surface area contributed by atoms with Gasteiger partial charge in [-0.3, -0.25) is 4.79 Å². The molecule has 0 saturated heterocycles. The summed E-state index contributed by atoms with van der Waals surface area (Å²) in [5.74, 6) is 5.76. The summed E-state index contributed by atoms with van der Waals surface area (Å²) in [7, 11) is 0. The van der Waals surface area contributed by atoms with Gasteiger partial charge in [0.25, 0.3) is 5.91 Å². The van der Waals surface area contributed by atoms with Crippen LogP contribution < -0.4 is 5.32 Å². The Bertz CT molecular complexity index is 680. The molecule has 2 rings (SSSR count). The van der Waals surface area contributed by atoms with Crippen LogP contribution in [0, 0.1) is 18.8 Å². The second-order valence-electron chi connectivity index (χ2n) is 4.50. The van der Waals surface area contributed by atoms with Gasteiger partial charge in [0.2, 0.25) is 5.76 Å². The first kappa shape index (κ1) is 14.8. The van der Waals surface area contributed by atoms with Crippen LogP contribution in [0.2, 0.25) is 0 Å². The van der Waals surface area contributed by atoms with E-state index in [1.807, 2.05) is 24.3 Å². The van der Waals surface area contributed by atoms with Crippen molar-refractivity contribution in [2.24, 2.45) is 0 Å². The molecule has 1 aromatic carbocycles. The summed E-state index contributed by atoms with van der Waals surface area (Å²) >= 11 is 0. The number of hydrogen-bond acceptors (Lipinski definition) is 4. The molecular formula is C16H16N2O3. The van der Waals surface area contributed by atoms with E-state index < -0.39 is 0 Å². The molecule has 1 amide bonds. The van der Waals surface area contributed by atoms with Crippen LogP contribution in [-0.4, -0.2) is 22.8 Å². The predicted molar refractivity (Wildman–Crippen MR) is 77.4 cm³/mol. The minimum absolute atomic E-state index is 0.0548. The maximum absolute atomic E-state index is 11.9. The van der Waals surface area contributed by atoms with Crippen LogP contribution in [0.4, 0.5) is 0 Å². The maximum Gasteiger partial charge on any atom is 0.290 e. The molecule has 2 aromatic rings. The number of carbonyl (C=O) groups excluding carboxylic acids is 1. The van der Waals surface area contributed by atoms with Gasteiger partial charge in [0.1, 0.15) is 0 Å². The lowest BCUT2D eigenvalue weighted by atomic mass is 10.1. The highest BCUT2D eigenvalue weighted by Crippen LogP contribution is 2.07. The first-order valence-electron chi connectivity index (χ1n) is 6.59. The van der Waals surface area contributed by atoms with Crippen LogP contribution in [0.5, 0.6) is 0 Å². The number of benzene rings is 1. The highest BCUT2D eigenvalue weighted by molar-refractivity contribution is 5.92. The Kier molecular flexibility index (Phi) is 5.13. The highest BCUT2D eigenvalue weighted by atomic mass is 16.5. The van der Waals surface area contributed by atoms with Crippen LogP contribution in [0.1, 0.15) is 33.7 Å². The molecule has 0 aliphatic heterocycles. The van der Waals surface area contributed by atoms with Gasteiger partial charge in [0.15, 0.2) is 0 Å². The summed E-state index contributed by atoms with van der Waals surface area (Å²) in [4.78, 5) is 11.9. The van der Waals surface area contributed by atoms with Gasteiger partial charge in [0, 0.05) is 24.1 Å².